The van der Waals surface area contributed by atoms with Gasteiger partial charge in [-0.2, -0.15) is 0 Å². The van der Waals surface area contributed by atoms with Gasteiger partial charge in [0, 0.05) is 19.2 Å². The molecule has 1 N–H and O–H groups in total. The van der Waals surface area contributed by atoms with E-state index in [0.29, 0.717) is 0 Å². The fourth-order valence-corrected chi connectivity index (χ4v) is 1.78. The molecule has 1 heterocycles. The van der Waals surface area contributed by atoms with E-state index in [-0.39, 0.29) is 23.5 Å². The van der Waals surface area contributed by atoms with Crippen molar-refractivity contribution in [3.63, 3.8) is 0 Å². The third kappa shape index (κ3) is 2.03. The SMILES string of the molecule is CNC(=O)CN1C(=O)C(=O)c2cc([N+](=O)[O-])ccc21. The van der Waals surface area contributed by atoms with Crippen molar-refractivity contribution in [3.05, 3.63) is 33.9 Å². The molecule has 0 saturated heterocycles. The highest BCUT2D eigenvalue weighted by Gasteiger charge is 2.37. The van der Waals surface area contributed by atoms with Crippen LogP contribution in [-0.2, 0) is 9.59 Å². The monoisotopic (exact) mass is 263 g/mol. The Labute approximate surface area is 107 Å². The number of non-ortho nitro benzene ring substituents is 1. The maximum Gasteiger partial charge on any atom is 0.299 e. The van der Waals surface area contributed by atoms with Gasteiger partial charge in [0.05, 0.1) is 16.2 Å². The number of nitrogens with zero attached hydrogens (tertiary/aromatic N) is 2. The van der Waals surface area contributed by atoms with E-state index in [1.807, 2.05) is 0 Å². The lowest BCUT2D eigenvalue weighted by atomic mass is 10.1. The van der Waals surface area contributed by atoms with Crippen molar-refractivity contribution >= 4 is 29.0 Å². The number of anilines is 1. The number of hydrogen-bond donors (Lipinski definition) is 1. The number of amides is 2. The average Bonchev–Trinajstić information content (AvgIpc) is 2.63. The molecule has 8 nitrogen and oxygen atoms in total. The first kappa shape index (κ1) is 12.7. The zero-order valence-corrected chi connectivity index (χ0v) is 9.87. The third-order valence-electron chi connectivity index (χ3n) is 2.75. The summed E-state index contributed by atoms with van der Waals surface area (Å²) >= 11 is 0. The van der Waals surface area contributed by atoms with Crippen LogP contribution < -0.4 is 10.2 Å². The first-order valence-corrected chi connectivity index (χ1v) is 5.31. The highest BCUT2D eigenvalue weighted by atomic mass is 16.6. The van der Waals surface area contributed by atoms with Gasteiger partial charge < -0.3 is 5.32 Å². The van der Waals surface area contributed by atoms with Crippen LogP contribution in [0.5, 0.6) is 0 Å². The Morgan fingerprint density at radius 3 is 2.68 bits per heavy atom. The average molecular weight is 263 g/mol. The van der Waals surface area contributed by atoms with E-state index >= 15 is 0 Å². The van der Waals surface area contributed by atoms with Gasteiger partial charge >= 0.3 is 0 Å². The molecule has 2 rings (SSSR count). The summed E-state index contributed by atoms with van der Waals surface area (Å²) in [4.78, 5) is 45.7. The van der Waals surface area contributed by atoms with Crippen LogP contribution in [0.2, 0.25) is 0 Å². The number of nitrogens with one attached hydrogen (secondary N) is 1. The fraction of sp³-hybridized carbons (Fsp3) is 0.182. The smallest absolute Gasteiger partial charge is 0.299 e. The summed E-state index contributed by atoms with van der Waals surface area (Å²) in [7, 11) is 1.40. The number of fused-ring (bicyclic) bond motifs is 1. The normalized spacial score (nSPS) is 13.4. The van der Waals surface area contributed by atoms with Crippen molar-refractivity contribution < 1.29 is 19.3 Å². The van der Waals surface area contributed by atoms with Crippen LogP contribution in [0.15, 0.2) is 18.2 Å². The standard InChI is InChI=1S/C11H9N3O5/c1-12-9(15)5-13-8-3-2-6(14(18)19)4-7(8)10(16)11(13)17/h2-4H,5H2,1H3,(H,12,15). The van der Waals surface area contributed by atoms with E-state index in [1.54, 1.807) is 0 Å². The number of Topliss-reactive ketones (excluding diaryl/α,β-unsaturated/α-hetero) is 1. The van der Waals surface area contributed by atoms with Crippen LogP contribution in [0.4, 0.5) is 11.4 Å². The molecule has 1 aromatic carbocycles. The predicted octanol–water partition coefficient (Wildman–Crippen LogP) is -0.130. The third-order valence-corrected chi connectivity index (χ3v) is 2.75. The summed E-state index contributed by atoms with van der Waals surface area (Å²) in [5.41, 5.74) is -0.117. The Morgan fingerprint density at radius 1 is 1.42 bits per heavy atom. The summed E-state index contributed by atoms with van der Waals surface area (Å²) in [6, 6.07) is 3.51. The number of carbonyl (C=O) groups excluding carboxylic acids is 3. The van der Waals surface area contributed by atoms with Gasteiger partial charge in [-0.25, -0.2) is 0 Å². The second-order valence-electron chi connectivity index (χ2n) is 3.85. The largest absolute Gasteiger partial charge is 0.358 e. The zero-order chi connectivity index (χ0) is 14.2. The van der Waals surface area contributed by atoms with Crippen LogP contribution in [0.25, 0.3) is 0 Å². The molecule has 0 radical (unpaired) electrons. The molecule has 0 unspecified atom stereocenters. The summed E-state index contributed by atoms with van der Waals surface area (Å²) in [6.07, 6.45) is 0. The van der Waals surface area contributed by atoms with E-state index < -0.39 is 22.5 Å². The molecule has 19 heavy (non-hydrogen) atoms. The highest BCUT2D eigenvalue weighted by Crippen LogP contribution is 2.31. The van der Waals surface area contributed by atoms with E-state index in [4.69, 9.17) is 0 Å². The van der Waals surface area contributed by atoms with Crippen molar-refractivity contribution in [1.29, 1.82) is 0 Å². The molecule has 0 aromatic heterocycles. The highest BCUT2D eigenvalue weighted by molar-refractivity contribution is 6.52. The Balaban J connectivity index is 2.44. The van der Waals surface area contributed by atoms with Crippen LogP contribution in [0, 0.1) is 10.1 Å². The first-order valence-electron chi connectivity index (χ1n) is 5.31. The quantitative estimate of drug-likeness (QED) is 0.464. The van der Waals surface area contributed by atoms with E-state index in [1.165, 1.54) is 19.2 Å². The number of carbonyl (C=O) groups is 3. The molecule has 0 aliphatic carbocycles. The Bertz CT molecular complexity index is 610. The van der Waals surface area contributed by atoms with Gasteiger partial charge in [-0.3, -0.25) is 29.4 Å². The second kappa shape index (κ2) is 4.48. The predicted molar refractivity (Wildman–Crippen MR) is 63.8 cm³/mol. The summed E-state index contributed by atoms with van der Waals surface area (Å²) in [5, 5.41) is 13.0. The van der Waals surface area contributed by atoms with Crippen molar-refractivity contribution in [2.45, 2.75) is 0 Å². The maximum absolute atomic E-state index is 11.7. The van der Waals surface area contributed by atoms with Gasteiger partial charge in [-0.1, -0.05) is 0 Å². The van der Waals surface area contributed by atoms with Crippen LogP contribution >= 0.6 is 0 Å². The lowest BCUT2D eigenvalue weighted by Gasteiger charge is -2.14. The fourth-order valence-electron chi connectivity index (χ4n) is 1.78. The number of nitro benzene ring substituents is 1. The Morgan fingerprint density at radius 2 is 2.11 bits per heavy atom. The molecule has 1 aliphatic heterocycles. The lowest BCUT2D eigenvalue weighted by Crippen LogP contribution is -2.38. The minimum Gasteiger partial charge on any atom is -0.358 e. The number of likely N-dealkylation sites (N-methyl/N-ethyl adjacent to an activating group) is 1. The molecular weight excluding hydrogens is 254 g/mol. The molecular formula is C11H9N3O5. The molecule has 0 bridgehead atoms. The summed E-state index contributed by atoms with van der Waals surface area (Å²) < 4.78 is 0. The first-order chi connectivity index (χ1) is 8.95. The molecule has 0 fully saturated rings. The maximum atomic E-state index is 11.7. The Kier molecular flexibility index (Phi) is 2.99. The number of nitro groups is 1. The van der Waals surface area contributed by atoms with Crippen LogP contribution in [-0.4, -0.2) is 36.1 Å². The van der Waals surface area contributed by atoms with Gasteiger partial charge in [-0.15, -0.1) is 0 Å². The molecule has 0 atom stereocenters. The van der Waals surface area contributed by atoms with Gasteiger partial charge in [0.1, 0.15) is 6.54 Å². The second-order valence-corrected chi connectivity index (χ2v) is 3.85. The number of benzene rings is 1. The molecule has 2 amide bonds. The van der Waals surface area contributed by atoms with E-state index in [9.17, 15) is 24.5 Å². The van der Waals surface area contributed by atoms with E-state index in [0.717, 1.165) is 11.0 Å². The van der Waals surface area contributed by atoms with Gasteiger partial charge in [0.15, 0.2) is 0 Å². The molecule has 0 saturated carbocycles. The van der Waals surface area contributed by atoms with Gasteiger partial charge in [-0.05, 0) is 6.07 Å². The van der Waals surface area contributed by atoms with Crippen molar-refractivity contribution in [1.82, 2.24) is 5.32 Å². The molecule has 8 heteroatoms. The van der Waals surface area contributed by atoms with E-state index in [2.05, 4.69) is 5.32 Å². The van der Waals surface area contributed by atoms with Crippen LogP contribution in [0.1, 0.15) is 10.4 Å². The van der Waals surface area contributed by atoms with Crippen LogP contribution in [0.3, 0.4) is 0 Å². The topological polar surface area (TPSA) is 110 Å². The number of hydrogen-bond acceptors (Lipinski definition) is 5. The van der Waals surface area contributed by atoms with Crippen molar-refractivity contribution in [3.8, 4) is 0 Å². The zero-order valence-electron chi connectivity index (χ0n) is 9.87. The minimum atomic E-state index is -0.862. The molecule has 98 valence electrons. The molecule has 1 aliphatic rings. The number of rotatable bonds is 3. The Hall–Kier alpha value is -2.77. The number of ketones is 1. The summed E-state index contributed by atoms with van der Waals surface area (Å²) in [6.45, 7) is -0.300. The summed E-state index contributed by atoms with van der Waals surface area (Å²) in [5.74, 6) is -2.14. The van der Waals surface area contributed by atoms with Crippen molar-refractivity contribution in [2.75, 3.05) is 18.5 Å². The lowest BCUT2D eigenvalue weighted by molar-refractivity contribution is -0.384. The minimum absolute atomic E-state index is 0.0527. The van der Waals surface area contributed by atoms with Gasteiger partial charge in [0.25, 0.3) is 17.4 Å². The molecule has 0 spiro atoms. The van der Waals surface area contributed by atoms with Crippen molar-refractivity contribution in [2.24, 2.45) is 0 Å². The van der Waals surface area contributed by atoms with Gasteiger partial charge in [0.2, 0.25) is 5.91 Å². The molecule has 1 aromatic rings.